The highest BCUT2D eigenvalue weighted by Gasteiger charge is 2.30. The number of benzene rings is 2. The number of aromatic nitrogens is 3. The van der Waals surface area contributed by atoms with E-state index in [1.54, 1.807) is 4.57 Å². The Balaban J connectivity index is 1.47. The molecule has 0 radical (unpaired) electrons. The van der Waals surface area contributed by atoms with Gasteiger partial charge in [0.25, 0.3) is 5.91 Å². The molecular weight excluding hydrogens is 434 g/mol. The second-order valence-electron chi connectivity index (χ2n) is 7.67. The largest absolute Gasteiger partial charge is 0.491 e. The SMILES string of the molecule is COc1c(F)c(F)cc2c(=O)c(C(=O)NCc3nc(-c4ccccc4)no3)cn(C3CC3)c12. The topological polar surface area (TPSA) is 99.2 Å². The Kier molecular flexibility index (Phi) is 5.12. The van der Waals surface area contributed by atoms with Crippen molar-refractivity contribution in [1.82, 2.24) is 20.0 Å². The summed E-state index contributed by atoms with van der Waals surface area (Å²) in [6.07, 6.45) is 2.93. The molecule has 1 fully saturated rings. The van der Waals surface area contributed by atoms with Crippen LogP contribution < -0.4 is 15.5 Å². The fourth-order valence-corrected chi connectivity index (χ4v) is 3.70. The van der Waals surface area contributed by atoms with Crippen molar-refractivity contribution in [1.29, 1.82) is 0 Å². The van der Waals surface area contributed by atoms with E-state index in [9.17, 15) is 18.4 Å². The molecule has 2 aromatic heterocycles. The van der Waals surface area contributed by atoms with Gasteiger partial charge in [-0.05, 0) is 18.9 Å². The normalized spacial score (nSPS) is 13.3. The highest BCUT2D eigenvalue weighted by atomic mass is 19.2. The maximum atomic E-state index is 14.3. The molecule has 8 nitrogen and oxygen atoms in total. The van der Waals surface area contributed by atoms with Crippen LogP contribution in [0.4, 0.5) is 8.78 Å². The van der Waals surface area contributed by atoms with Crippen molar-refractivity contribution in [2.75, 3.05) is 7.11 Å². The summed E-state index contributed by atoms with van der Waals surface area (Å²) in [4.78, 5) is 30.1. The zero-order chi connectivity index (χ0) is 23.1. The predicted octanol–water partition coefficient (Wildman–Crippen LogP) is 3.60. The smallest absolute Gasteiger partial charge is 0.257 e. The van der Waals surface area contributed by atoms with Crippen molar-refractivity contribution < 1.29 is 22.8 Å². The van der Waals surface area contributed by atoms with E-state index in [0.717, 1.165) is 24.5 Å². The number of nitrogens with one attached hydrogen (secondary N) is 1. The number of rotatable bonds is 6. The number of amides is 1. The maximum Gasteiger partial charge on any atom is 0.257 e. The Morgan fingerprint density at radius 3 is 2.73 bits per heavy atom. The van der Waals surface area contributed by atoms with Crippen LogP contribution in [-0.4, -0.2) is 27.7 Å². The van der Waals surface area contributed by atoms with Crippen molar-refractivity contribution >= 4 is 16.8 Å². The summed E-state index contributed by atoms with van der Waals surface area (Å²) in [6, 6.07) is 9.93. The van der Waals surface area contributed by atoms with Crippen molar-refractivity contribution in [3.8, 4) is 17.1 Å². The van der Waals surface area contributed by atoms with Crippen LogP contribution in [0.25, 0.3) is 22.3 Å². The lowest BCUT2D eigenvalue weighted by Gasteiger charge is -2.16. The van der Waals surface area contributed by atoms with E-state index in [1.165, 1.54) is 13.3 Å². The van der Waals surface area contributed by atoms with Crippen LogP contribution in [-0.2, 0) is 6.54 Å². The summed E-state index contributed by atoms with van der Waals surface area (Å²) in [6.45, 7) is -0.110. The monoisotopic (exact) mass is 452 g/mol. The average Bonchev–Trinajstić information content (AvgIpc) is 3.56. The predicted molar refractivity (Wildman–Crippen MR) is 114 cm³/mol. The summed E-state index contributed by atoms with van der Waals surface area (Å²) in [5.74, 6) is -2.94. The summed E-state index contributed by atoms with van der Waals surface area (Å²) in [5.41, 5.74) is -0.0499. The van der Waals surface area contributed by atoms with Crippen molar-refractivity contribution in [3.05, 3.63) is 75.9 Å². The molecule has 10 heteroatoms. The van der Waals surface area contributed by atoms with Crippen LogP contribution >= 0.6 is 0 Å². The summed E-state index contributed by atoms with van der Waals surface area (Å²) in [7, 11) is 1.20. The van der Waals surface area contributed by atoms with Crippen LogP contribution in [0.5, 0.6) is 5.75 Å². The Morgan fingerprint density at radius 1 is 1.27 bits per heavy atom. The van der Waals surface area contributed by atoms with Crippen LogP contribution in [0.15, 0.2) is 51.9 Å². The molecule has 5 rings (SSSR count). The van der Waals surface area contributed by atoms with E-state index in [-0.39, 0.29) is 40.7 Å². The van der Waals surface area contributed by atoms with Gasteiger partial charge >= 0.3 is 0 Å². The van der Waals surface area contributed by atoms with Crippen LogP contribution in [0.1, 0.15) is 35.1 Å². The molecule has 0 unspecified atom stereocenters. The van der Waals surface area contributed by atoms with E-state index in [1.807, 2.05) is 30.3 Å². The highest BCUT2D eigenvalue weighted by molar-refractivity contribution is 5.98. The number of carbonyl (C=O) groups excluding carboxylic acids is 1. The van der Waals surface area contributed by atoms with Gasteiger partial charge < -0.3 is 19.1 Å². The van der Waals surface area contributed by atoms with Gasteiger partial charge in [0, 0.05) is 17.8 Å². The quantitative estimate of drug-likeness (QED) is 0.480. The maximum absolute atomic E-state index is 14.3. The van der Waals surface area contributed by atoms with Crippen molar-refractivity contribution in [2.24, 2.45) is 0 Å². The molecule has 0 spiro atoms. The molecule has 1 aliphatic carbocycles. The van der Waals surface area contributed by atoms with Crippen molar-refractivity contribution in [2.45, 2.75) is 25.4 Å². The van der Waals surface area contributed by atoms with Gasteiger partial charge in [-0.15, -0.1) is 0 Å². The minimum atomic E-state index is -1.23. The number of nitrogens with zero attached hydrogens (tertiary/aromatic N) is 3. The third-order valence-corrected chi connectivity index (χ3v) is 5.46. The fraction of sp³-hybridized carbons (Fsp3) is 0.217. The van der Waals surface area contributed by atoms with Crippen molar-refractivity contribution in [3.63, 3.8) is 0 Å². The first-order valence-corrected chi connectivity index (χ1v) is 10.2. The molecule has 2 heterocycles. The first-order chi connectivity index (χ1) is 16.0. The van der Waals surface area contributed by atoms with E-state index < -0.39 is 23.0 Å². The Morgan fingerprint density at radius 2 is 2.03 bits per heavy atom. The molecule has 168 valence electrons. The molecule has 1 aliphatic rings. The molecule has 0 aliphatic heterocycles. The summed E-state index contributed by atoms with van der Waals surface area (Å²) < 4.78 is 40.3. The van der Waals surface area contributed by atoms with Gasteiger partial charge in [0.05, 0.1) is 24.6 Å². The van der Waals surface area contributed by atoms with Gasteiger partial charge in [0.1, 0.15) is 5.56 Å². The van der Waals surface area contributed by atoms with Gasteiger partial charge in [0.15, 0.2) is 11.6 Å². The lowest BCUT2D eigenvalue weighted by molar-refractivity contribution is 0.0944. The first kappa shape index (κ1) is 20.8. The second-order valence-corrected chi connectivity index (χ2v) is 7.67. The van der Waals surface area contributed by atoms with E-state index in [0.29, 0.717) is 5.82 Å². The minimum absolute atomic E-state index is 0.0391. The Labute approximate surface area is 185 Å². The number of carbonyl (C=O) groups is 1. The van der Waals surface area contributed by atoms with Gasteiger partial charge in [-0.25, -0.2) is 4.39 Å². The molecule has 1 amide bonds. The van der Waals surface area contributed by atoms with Gasteiger partial charge in [-0.3, -0.25) is 9.59 Å². The lowest BCUT2D eigenvalue weighted by atomic mass is 10.1. The first-order valence-electron chi connectivity index (χ1n) is 10.2. The molecule has 0 bridgehead atoms. The fourth-order valence-electron chi connectivity index (χ4n) is 3.70. The number of hydrogen-bond donors (Lipinski definition) is 1. The molecule has 33 heavy (non-hydrogen) atoms. The van der Waals surface area contributed by atoms with E-state index in [2.05, 4.69) is 15.5 Å². The lowest BCUT2D eigenvalue weighted by Crippen LogP contribution is -2.30. The number of halogens is 2. The standard InChI is InChI=1S/C23H18F2N4O4/c1-32-21-18(25)16(24)9-14-19(21)29(13-7-8-13)11-15(20(14)30)23(31)26-10-17-27-22(28-33-17)12-5-3-2-4-6-12/h2-6,9,11,13H,7-8,10H2,1H3,(H,26,31). The summed E-state index contributed by atoms with van der Waals surface area (Å²) >= 11 is 0. The zero-order valence-electron chi connectivity index (χ0n) is 17.5. The third kappa shape index (κ3) is 3.73. The number of hydrogen-bond acceptors (Lipinski definition) is 6. The molecule has 4 aromatic rings. The number of ether oxygens (including phenoxy) is 1. The molecule has 0 saturated heterocycles. The van der Waals surface area contributed by atoms with Gasteiger partial charge in [-0.2, -0.15) is 9.37 Å². The van der Waals surface area contributed by atoms with Crippen LogP contribution in [0, 0.1) is 11.6 Å². The van der Waals surface area contributed by atoms with E-state index >= 15 is 0 Å². The number of fused-ring (bicyclic) bond motifs is 1. The van der Waals surface area contributed by atoms with Crippen LogP contribution in [0.3, 0.4) is 0 Å². The van der Waals surface area contributed by atoms with Gasteiger partial charge in [0.2, 0.25) is 23.0 Å². The van der Waals surface area contributed by atoms with Crippen LogP contribution in [0.2, 0.25) is 0 Å². The molecule has 1 N–H and O–H groups in total. The molecule has 0 atom stereocenters. The Hall–Kier alpha value is -4.08. The summed E-state index contributed by atoms with van der Waals surface area (Å²) in [5, 5.41) is 6.33. The van der Waals surface area contributed by atoms with E-state index in [4.69, 9.17) is 9.26 Å². The molecule has 1 saturated carbocycles. The zero-order valence-corrected chi connectivity index (χ0v) is 17.5. The Bertz CT molecular complexity index is 1430. The molecular formula is C23H18F2N4O4. The molecule has 2 aromatic carbocycles. The minimum Gasteiger partial charge on any atom is -0.491 e. The van der Waals surface area contributed by atoms with Gasteiger partial charge in [-0.1, -0.05) is 35.5 Å². The highest BCUT2D eigenvalue weighted by Crippen LogP contribution is 2.40. The third-order valence-electron chi connectivity index (χ3n) is 5.46. The average molecular weight is 452 g/mol. The number of pyridine rings is 1. The second kappa shape index (κ2) is 8.12. The number of methoxy groups -OCH3 is 1.